The van der Waals surface area contributed by atoms with E-state index in [2.05, 4.69) is 10.3 Å². The summed E-state index contributed by atoms with van der Waals surface area (Å²) in [6.07, 6.45) is 1.55. The Kier molecular flexibility index (Phi) is 5.54. The van der Waals surface area contributed by atoms with Crippen LogP contribution in [0.3, 0.4) is 0 Å². The highest BCUT2D eigenvalue weighted by Crippen LogP contribution is 2.25. The van der Waals surface area contributed by atoms with Crippen LogP contribution in [0.2, 0.25) is 0 Å². The normalized spacial score (nSPS) is 12.1. The van der Waals surface area contributed by atoms with Crippen molar-refractivity contribution in [2.24, 2.45) is 5.92 Å². The second-order valence-electron chi connectivity index (χ2n) is 6.73. The third kappa shape index (κ3) is 4.34. The minimum atomic E-state index is -0.575. The van der Waals surface area contributed by atoms with Gasteiger partial charge in [0.15, 0.2) is 12.4 Å². The minimum Gasteiger partial charge on any atom is -0.463 e. The van der Waals surface area contributed by atoms with E-state index in [4.69, 9.17) is 9.15 Å². The van der Waals surface area contributed by atoms with E-state index in [0.29, 0.717) is 33.8 Å². The number of amides is 1. The highest BCUT2D eigenvalue weighted by molar-refractivity contribution is 6.05. The highest BCUT2D eigenvalue weighted by atomic mass is 16.5. The van der Waals surface area contributed by atoms with Crippen molar-refractivity contribution in [1.29, 1.82) is 0 Å². The van der Waals surface area contributed by atoms with E-state index < -0.39 is 5.97 Å². The van der Waals surface area contributed by atoms with Crippen molar-refractivity contribution in [2.45, 2.75) is 26.8 Å². The average molecular weight is 366 g/mol. The lowest BCUT2D eigenvalue weighted by Crippen LogP contribution is -2.38. The van der Waals surface area contributed by atoms with Gasteiger partial charge in [-0.05, 0) is 37.1 Å². The van der Waals surface area contributed by atoms with Crippen molar-refractivity contribution in [3.63, 3.8) is 0 Å². The van der Waals surface area contributed by atoms with Crippen LogP contribution < -0.4 is 5.32 Å². The van der Waals surface area contributed by atoms with Crippen LogP contribution in [0, 0.1) is 5.92 Å². The summed E-state index contributed by atoms with van der Waals surface area (Å²) in [4.78, 5) is 29.2. The largest absolute Gasteiger partial charge is 0.463 e. The molecule has 6 nitrogen and oxygen atoms in total. The minimum absolute atomic E-state index is 0.00325. The zero-order valence-electron chi connectivity index (χ0n) is 15.6. The SMILES string of the molecule is CC(C)C(C)NC(=O)COC(=O)c1cc(-c2ccco2)nc2ccccc12. The number of esters is 1. The number of aromatic nitrogens is 1. The van der Waals surface area contributed by atoms with E-state index in [0.717, 1.165) is 0 Å². The van der Waals surface area contributed by atoms with E-state index >= 15 is 0 Å². The summed E-state index contributed by atoms with van der Waals surface area (Å²) in [7, 11) is 0. The van der Waals surface area contributed by atoms with Crippen molar-refractivity contribution in [1.82, 2.24) is 10.3 Å². The molecule has 140 valence electrons. The molecule has 1 aromatic carbocycles. The van der Waals surface area contributed by atoms with E-state index in [1.54, 1.807) is 30.5 Å². The summed E-state index contributed by atoms with van der Waals surface area (Å²) < 4.78 is 10.6. The topological polar surface area (TPSA) is 81.4 Å². The molecule has 27 heavy (non-hydrogen) atoms. The molecular formula is C21H22N2O4. The monoisotopic (exact) mass is 366 g/mol. The van der Waals surface area contributed by atoms with Gasteiger partial charge in [-0.1, -0.05) is 32.0 Å². The Morgan fingerprint density at radius 1 is 1.15 bits per heavy atom. The Balaban J connectivity index is 1.82. The molecule has 1 amide bonds. The van der Waals surface area contributed by atoms with Crippen LogP contribution in [0.4, 0.5) is 0 Å². The fourth-order valence-corrected chi connectivity index (χ4v) is 2.57. The number of para-hydroxylation sites is 1. The van der Waals surface area contributed by atoms with Gasteiger partial charge in [0, 0.05) is 11.4 Å². The maximum atomic E-state index is 12.6. The van der Waals surface area contributed by atoms with Gasteiger partial charge in [0.25, 0.3) is 5.91 Å². The van der Waals surface area contributed by atoms with Crippen molar-refractivity contribution < 1.29 is 18.7 Å². The molecule has 3 rings (SSSR count). The van der Waals surface area contributed by atoms with Gasteiger partial charge in [-0.15, -0.1) is 0 Å². The number of furan rings is 1. The van der Waals surface area contributed by atoms with E-state index in [1.165, 1.54) is 0 Å². The van der Waals surface area contributed by atoms with Gasteiger partial charge in [-0.25, -0.2) is 9.78 Å². The van der Waals surface area contributed by atoms with Gasteiger partial charge in [0.05, 0.1) is 17.3 Å². The molecule has 6 heteroatoms. The average Bonchev–Trinajstić information content (AvgIpc) is 3.20. The number of hydrogen-bond donors (Lipinski definition) is 1. The van der Waals surface area contributed by atoms with Gasteiger partial charge in [0.1, 0.15) is 5.69 Å². The van der Waals surface area contributed by atoms with Crippen LogP contribution in [0.25, 0.3) is 22.4 Å². The second kappa shape index (κ2) is 8.03. The quantitative estimate of drug-likeness (QED) is 0.671. The van der Waals surface area contributed by atoms with Crippen LogP contribution >= 0.6 is 0 Å². The second-order valence-corrected chi connectivity index (χ2v) is 6.73. The summed E-state index contributed by atoms with van der Waals surface area (Å²) in [6, 6.07) is 12.4. The third-order valence-corrected chi connectivity index (χ3v) is 4.43. The van der Waals surface area contributed by atoms with Crippen LogP contribution in [0.15, 0.2) is 53.1 Å². The number of benzene rings is 1. The fourth-order valence-electron chi connectivity index (χ4n) is 2.57. The molecule has 0 saturated carbocycles. The molecule has 0 aliphatic heterocycles. The van der Waals surface area contributed by atoms with E-state index in [-0.39, 0.29) is 18.6 Å². The molecule has 0 spiro atoms. The Morgan fingerprint density at radius 3 is 2.63 bits per heavy atom. The first-order valence-corrected chi connectivity index (χ1v) is 8.86. The summed E-state index contributed by atoms with van der Waals surface area (Å²) in [5, 5.41) is 3.47. The molecule has 2 aromatic heterocycles. The molecule has 0 radical (unpaired) electrons. The van der Waals surface area contributed by atoms with Gasteiger partial charge < -0.3 is 14.5 Å². The Labute approximate surface area is 157 Å². The van der Waals surface area contributed by atoms with Crippen LogP contribution in [-0.2, 0) is 9.53 Å². The Bertz CT molecular complexity index is 948. The van der Waals surface area contributed by atoms with Gasteiger partial charge in [-0.2, -0.15) is 0 Å². The lowest BCUT2D eigenvalue weighted by Gasteiger charge is -2.17. The number of rotatable bonds is 6. The molecule has 0 fully saturated rings. The van der Waals surface area contributed by atoms with Crippen LogP contribution in [0.1, 0.15) is 31.1 Å². The number of fused-ring (bicyclic) bond motifs is 1. The first kappa shape index (κ1) is 18.6. The molecule has 2 heterocycles. The summed E-state index contributed by atoms with van der Waals surface area (Å²) in [5.41, 5.74) is 1.52. The third-order valence-electron chi connectivity index (χ3n) is 4.43. The van der Waals surface area contributed by atoms with Crippen molar-refractivity contribution >= 4 is 22.8 Å². The number of carbonyl (C=O) groups is 2. The number of nitrogens with zero attached hydrogens (tertiary/aromatic N) is 1. The van der Waals surface area contributed by atoms with E-state index in [1.807, 2.05) is 39.0 Å². The van der Waals surface area contributed by atoms with Gasteiger partial charge >= 0.3 is 5.97 Å². The van der Waals surface area contributed by atoms with Crippen molar-refractivity contribution in [3.05, 3.63) is 54.3 Å². The molecular weight excluding hydrogens is 344 g/mol. The maximum Gasteiger partial charge on any atom is 0.339 e. The first-order chi connectivity index (χ1) is 13.0. The molecule has 0 aliphatic rings. The molecule has 0 aliphatic carbocycles. The molecule has 3 aromatic rings. The Morgan fingerprint density at radius 2 is 1.93 bits per heavy atom. The number of pyridine rings is 1. The smallest absolute Gasteiger partial charge is 0.339 e. The van der Waals surface area contributed by atoms with Crippen LogP contribution in [0.5, 0.6) is 0 Å². The predicted molar refractivity (Wildman–Crippen MR) is 102 cm³/mol. The maximum absolute atomic E-state index is 12.6. The summed E-state index contributed by atoms with van der Waals surface area (Å²) in [5.74, 6) is -0.0501. The summed E-state index contributed by atoms with van der Waals surface area (Å²) >= 11 is 0. The molecule has 0 saturated heterocycles. The fraction of sp³-hybridized carbons (Fsp3) is 0.286. The van der Waals surface area contributed by atoms with E-state index in [9.17, 15) is 9.59 Å². The van der Waals surface area contributed by atoms with Crippen molar-refractivity contribution in [3.8, 4) is 11.5 Å². The number of carbonyl (C=O) groups excluding carboxylic acids is 2. The number of hydrogen-bond acceptors (Lipinski definition) is 5. The van der Waals surface area contributed by atoms with Crippen molar-refractivity contribution in [2.75, 3.05) is 6.61 Å². The number of nitrogens with one attached hydrogen (secondary N) is 1. The van der Waals surface area contributed by atoms with Gasteiger partial charge in [0.2, 0.25) is 0 Å². The summed E-state index contributed by atoms with van der Waals surface area (Å²) in [6.45, 7) is 5.60. The molecule has 1 N–H and O–H groups in total. The lowest BCUT2D eigenvalue weighted by atomic mass is 10.1. The standard InChI is InChI=1S/C21H22N2O4/c1-13(2)14(3)22-20(24)12-27-21(25)16-11-18(19-9-6-10-26-19)23-17-8-5-4-7-15(16)17/h4-11,13-14H,12H2,1-3H3,(H,22,24). The molecule has 1 atom stereocenters. The molecule has 0 bridgehead atoms. The highest BCUT2D eigenvalue weighted by Gasteiger charge is 2.18. The Hall–Kier alpha value is -3.15. The lowest BCUT2D eigenvalue weighted by molar-refractivity contribution is -0.125. The number of ether oxygens (including phenoxy) is 1. The zero-order valence-corrected chi connectivity index (χ0v) is 15.6. The van der Waals surface area contributed by atoms with Gasteiger partial charge in [-0.3, -0.25) is 4.79 Å². The molecule has 1 unspecified atom stereocenters. The van der Waals surface area contributed by atoms with Crippen LogP contribution in [-0.4, -0.2) is 29.5 Å². The predicted octanol–water partition coefficient (Wildman–Crippen LogP) is 3.81. The first-order valence-electron chi connectivity index (χ1n) is 8.86. The zero-order chi connectivity index (χ0) is 19.4.